The van der Waals surface area contributed by atoms with Gasteiger partial charge in [-0.2, -0.15) is 5.10 Å². The first-order chi connectivity index (χ1) is 12.1. The van der Waals surface area contributed by atoms with Crippen molar-refractivity contribution < 1.29 is 14.7 Å². The monoisotopic (exact) mass is 347 g/mol. The van der Waals surface area contributed by atoms with E-state index >= 15 is 0 Å². The number of hydrogen-bond acceptors (Lipinski definition) is 4. The number of nitrogens with one attached hydrogen (secondary N) is 2. The molecule has 0 aliphatic carbocycles. The molecule has 3 N–H and O–H groups in total. The molecular weight excluding hydrogens is 318 g/mol. The van der Waals surface area contributed by atoms with Gasteiger partial charge in [-0.1, -0.05) is 57.6 Å². The summed E-state index contributed by atoms with van der Waals surface area (Å²) in [6.45, 7) is 2.09. The SMILES string of the molecule is CCCCCCCCCC(=O)NCC(=O)N/N=C/c1ccccc1O. The quantitative estimate of drug-likeness (QED) is 0.308. The Bertz CT molecular complexity index is 559. The van der Waals surface area contributed by atoms with Crippen LogP contribution in [-0.2, 0) is 9.59 Å². The molecule has 138 valence electrons. The summed E-state index contributed by atoms with van der Waals surface area (Å²) < 4.78 is 0. The van der Waals surface area contributed by atoms with Crippen molar-refractivity contribution >= 4 is 18.0 Å². The molecule has 6 heteroatoms. The van der Waals surface area contributed by atoms with Crippen LogP contribution >= 0.6 is 0 Å². The second-order valence-electron chi connectivity index (χ2n) is 6.00. The number of phenolic OH excluding ortho intramolecular Hbond substituents is 1. The average molecular weight is 347 g/mol. The van der Waals surface area contributed by atoms with Gasteiger partial charge in [-0.05, 0) is 18.6 Å². The molecule has 1 rings (SSSR count). The number of rotatable bonds is 12. The first kappa shape index (κ1) is 20.7. The van der Waals surface area contributed by atoms with Crippen molar-refractivity contribution in [1.29, 1.82) is 0 Å². The van der Waals surface area contributed by atoms with E-state index in [0.717, 1.165) is 19.3 Å². The number of benzene rings is 1. The minimum atomic E-state index is -0.403. The lowest BCUT2D eigenvalue weighted by Crippen LogP contribution is -2.34. The first-order valence-electron chi connectivity index (χ1n) is 9.00. The molecular formula is C19H29N3O3. The Morgan fingerprint density at radius 3 is 2.44 bits per heavy atom. The van der Waals surface area contributed by atoms with E-state index in [2.05, 4.69) is 22.8 Å². The molecule has 0 saturated heterocycles. The van der Waals surface area contributed by atoms with Crippen molar-refractivity contribution in [2.24, 2.45) is 5.10 Å². The third-order valence-electron chi connectivity index (χ3n) is 3.78. The third kappa shape index (κ3) is 10.2. The molecule has 0 aliphatic heterocycles. The Morgan fingerprint density at radius 2 is 1.72 bits per heavy atom. The predicted octanol–water partition coefficient (Wildman–Crippen LogP) is 3.10. The summed E-state index contributed by atoms with van der Waals surface area (Å²) in [5.41, 5.74) is 2.82. The van der Waals surface area contributed by atoms with Crippen molar-refractivity contribution in [2.45, 2.75) is 58.3 Å². The lowest BCUT2D eigenvalue weighted by molar-refractivity contribution is -0.126. The molecule has 6 nitrogen and oxygen atoms in total. The van der Waals surface area contributed by atoms with Gasteiger partial charge in [0.05, 0.1) is 12.8 Å². The van der Waals surface area contributed by atoms with Crippen LogP contribution in [0, 0.1) is 0 Å². The largest absolute Gasteiger partial charge is 0.507 e. The fraction of sp³-hybridized carbons (Fsp3) is 0.526. The van der Waals surface area contributed by atoms with E-state index in [1.54, 1.807) is 18.2 Å². The van der Waals surface area contributed by atoms with Crippen LogP contribution in [0.25, 0.3) is 0 Å². The Morgan fingerprint density at radius 1 is 1.04 bits per heavy atom. The highest BCUT2D eigenvalue weighted by Crippen LogP contribution is 2.12. The Labute approximate surface area is 149 Å². The summed E-state index contributed by atoms with van der Waals surface area (Å²) in [5, 5.41) is 15.9. The maximum absolute atomic E-state index is 11.7. The highest BCUT2D eigenvalue weighted by atomic mass is 16.3. The molecule has 0 aromatic heterocycles. The molecule has 0 aliphatic rings. The van der Waals surface area contributed by atoms with E-state index in [1.807, 2.05) is 0 Å². The highest BCUT2D eigenvalue weighted by Gasteiger charge is 2.04. The van der Waals surface area contributed by atoms with Gasteiger partial charge in [0.25, 0.3) is 5.91 Å². The number of nitrogens with zero attached hydrogens (tertiary/aromatic N) is 1. The number of carbonyl (C=O) groups excluding carboxylic acids is 2. The average Bonchev–Trinajstić information content (AvgIpc) is 2.61. The summed E-state index contributed by atoms with van der Waals surface area (Å²) in [7, 11) is 0. The molecule has 0 heterocycles. The summed E-state index contributed by atoms with van der Waals surface area (Å²) in [4.78, 5) is 23.3. The van der Waals surface area contributed by atoms with E-state index < -0.39 is 5.91 Å². The van der Waals surface area contributed by atoms with Crippen LogP contribution in [0.15, 0.2) is 29.4 Å². The lowest BCUT2D eigenvalue weighted by Gasteiger charge is -2.04. The molecule has 0 atom stereocenters. The van der Waals surface area contributed by atoms with Gasteiger partial charge in [0, 0.05) is 12.0 Å². The van der Waals surface area contributed by atoms with Crippen molar-refractivity contribution in [3.63, 3.8) is 0 Å². The minimum absolute atomic E-state index is 0.0866. The van der Waals surface area contributed by atoms with Crippen LogP contribution in [0.2, 0.25) is 0 Å². The van der Waals surface area contributed by atoms with Gasteiger partial charge in [-0.25, -0.2) is 5.43 Å². The maximum Gasteiger partial charge on any atom is 0.259 e. The fourth-order valence-electron chi connectivity index (χ4n) is 2.32. The smallest absolute Gasteiger partial charge is 0.259 e. The van der Waals surface area contributed by atoms with Crippen molar-refractivity contribution in [3.8, 4) is 5.75 Å². The standard InChI is InChI=1S/C19H29N3O3/c1-2-3-4-5-6-7-8-13-18(24)20-15-19(25)22-21-14-16-11-9-10-12-17(16)23/h9-12,14,23H,2-8,13,15H2,1H3,(H,20,24)(H,22,25)/b21-14+. The molecule has 0 bridgehead atoms. The van der Waals surface area contributed by atoms with Crippen LogP contribution in [0.4, 0.5) is 0 Å². The Kier molecular flexibility index (Phi) is 10.7. The van der Waals surface area contributed by atoms with Gasteiger partial charge in [-0.3, -0.25) is 9.59 Å². The zero-order valence-corrected chi connectivity index (χ0v) is 15.0. The number of unbranched alkanes of at least 4 members (excludes halogenated alkanes) is 6. The summed E-state index contributed by atoms with van der Waals surface area (Å²) in [6.07, 6.45) is 9.88. The number of hydrazone groups is 1. The normalized spacial score (nSPS) is 10.8. The number of aromatic hydroxyl groups is 1. The first-order valence-corrected chi connectivity index (χ1v) is 9.00. The summed E-state index contributed by atoms with van der Waals surface area (Å²) in [5.74, 6) is -0.434. The fourth-order valence-corrected chi connectivity index (χ4v) is 2.32. The summed E-state index contributed by atoms with van der Waals surface area (Å²) >= 11 is 0. The van der Waals surface area contributed by atoms with E-state index in [1.165, 1.54) is 38.0 Å². The van der Waals surface area contributed by atoms with Crippen LogP contribution in [0.5, 0.6) is 5.75 Å². The molecule has 2 amide bonds. The van der Waals surface area contributed by atoms with Crippen LogP contribution in [0.1, 0.15) is 63.9 Å². The number of hydrogen-bond donors (Lipinski definition) is 3. The molecule has 0 radical (unpaired) electrons. The second-order valence-corrected chi connectivity index (χ2v) is 6.00. The van der Waals surface area contributed by atoms with Crippen LogP contribution in [-0.4, -0.2) is 29.7 Å². The van der Waals surface area contributed by atoms with E-state index in [-0.39, 0.29) is 18.2 Å². The van der Waals surface area contributed by atoms with Gasteiger partial charge in [0.1, 0.15) is 5.75 Å². The Hall–Kier alpha value is -2.37. The molecule has 1 aromatic rings. The van der Waals surface area contributed by atoms with Gasteiger partial charge in [-0.15, -0.1) is 0 Å². The zero-order chi connectivity index (χ0) is 18.3. The van der Waals surface area contributed by atoms with Crippen molar-refractivity contribution in [3.05, 3.63) is 29.8 Å². The topological polar surface area (TPSA) is 90.8 Å². The summed E-state index contributed by atoms with van der Waals surface area (Å²) in [6, 6.07) is 6.67. The molecule has 25 heavy (non-hydrogen) atoms. The van der Waals surface area contributed by atoms with E-state index in [4.69, 9.17) is 0 Å². The zero-order valence-electron chi connectivity index (χ0n) is 15.0. The second kappa shape index (κ2) is 13.0. The predicted molar refractivity (Wildman–Crippen MR) is 99.5 cm³/mol. The Balaban J connectivity index is 2.09. The molecule has 0 fully saturated rings. The number of para-hydroxylation sites is 1. The van der Waals surface area contributed by atoms with E-state index in [0.29, 0.717) is 12.0 Å². The number of carbonyl (C=O) groups is 2. The highest BCUT2D eigenvalue weighted by molar-refractivity contribution is 5.87. The third-order valence-corrected chi connectivity index (χ3v) is 3.78. The number of amides is 2. The van der Waals surface area contributed by atoms with Crippen molar-refractivity contribution in [2.75, 3.05) is 6.54 Å². The van der Waals surface area contributed by atoms with E-state index in [9.17, 15) is 14.7 Å². The van der Waals surface area contributed by atoms with Gasteiger partial charge in [0.2, 0.25) is 5.91 Å². The van der Waals surface area contributed by atoms with Crippen LogP contribution in [0.3, 0.4) is 0 Å². The van der Waals surface area contributed by atoms with Crippen molar-refractivity contribution in [1.82, 2.24) is 10.7 Å². The molecule has 0 saturated carbocycles. The van der Waals surface area contributed by atoms with Crippen LogP contribution < -0.4 is 10.7 Å². The van der Waals surface area contributed by atoms with Gasteiger partial charge < -0.3 is 10.4 Å². The lowest BCUT2D eigenvalue weighted by atomic mass is 10.1. The minimum Gasteiger partial charge on any atom is -0.507 e. The van der Waals surface area contributed by atoms with Gasteiger partial charge in [0.15, 0.2) is 0 Å². The van der Waals surface area contributed by atoms with Gasteiger partial charge >= 0.3 is 0 Å². The molecule has 0 unspecified atom stereocenters. The maximum atomic E-state index is 11.7. The molecule has 1 aromatic carbocycles. The molecule has 0 spiro atoms. The number of phenols is 1.